The summed E-state index contributed by atoms with van der Waals surface area (Å²) in [6.07, 6.45) is 8.34. The lowest BCUT2D eigenvalue weighted by atomic mass is 9.84. The third-order valence-corrected chi connectivity index (χ3v) is 4.49. The van der Waals surface area contributed by atoms with Crippen molar-refractivity contribution in [3.63, 3.8) is 0 Å². The summed E-state index contributed by atoms with van der Waals surface area (Å²) in [5.41, 5.74) is -0.288. The summed E-state index contributed by atoms with van der Waals surface area (Å²) >= 11 is 0. The highest BCUT2D eigenvalue weighted by molar-refractivity contribution is 5.79. The van der Waals surface area contributed by atoms with Crippen LogP contribution < -0.4 is 4.74 Å². The maximum Gasteiger partial charge on any atom is 0.232 e. The van der Waals surface area contributed by atoms with Crippen molar-refractivity contribution in [1.82, 2.24) is 14.9 Å². The van der Waals surface area contributed by atoms with Crippen molar-refractivity contribution in [2.45, 2.75) is 31.0 Å². The van der Waals surface area contributed by atoms with E-state index in [0.717, 1.165) is 12.8 Å². The molecule has 126 valence electrons. The number of nitrogens with zero attached hydrogens (tertiary/aromatic N) is 3. The number of ether oxygens (including phenoxy) is 2. The molecule has 4 rings (SSSR count). The van der Waals surface area contributed by atoms with Crippen LogP contribution in [0.4, 0.5) is 0 Å². The maximum atomic E-state index is 12.3. The largest absolute Gasteiger partial charge is 0.473 e. The summed E-state index contributed by atoms with van der Waals surface area (Å²) in [4.78, 5) is 22.2. The normalized spacial score (nSPS) is 22.2. The Morgan fingerprint density at radius 2 is 2.33 bits per heavy atom. The molecule has 4 heterocycles. The van der Waals surface area contributed by atoms with E-state index in [1.165, 1.54) is 0 Å². The van der Waals surface area contributed by atoms with Crippen LogP contribution in [0.25, 0.3) is 0 Å². The molecule has 0 N–H and O–H groups in total. The van der Waals surface area contributed by atoms with Crippen LogP contribution in [0.3, 0.4) is 0 Å². The van der Waals surface area contributed by atoms with Crippen molar-refractivity contribution in [2.75, 3.05) is 19.7 Å². The number of carbonyl (C=O) groups is 1. The van der Waals surface area contributed by atoms with Crippen LogP contribution in [-0.2, 0) is 16.0 Å². The quantitative estimate of drug-likeness (QED) is 0.845. The first-order valence-electron chi connectivity index (χ1n) is 8.09. The molecule has 1 atom stereocenters. The minimum absolute atomic E-state index is 0.0396. The molecule has 2 saturated heterocycles. The van der Waals surface area contributed by atoms with Gasteiger partial charge in [-0.1, -0.05) is 0 Å². The van der Waals surface area contributed by atoms with Crippen LogP contribution in [0, 0.1) is 0 Å². The molecule has 2 aliphatic heterocycles. The summed E-state index contributed by atoms with van der Waals surface area (Å²) in [5, 5.41) is 0. The molecule has 7 heteroatoms. The fraction of sp³-hybridized carbons (Fsp3) is 0.471. The highest BCUT2D eigenvalue weighted by Crippen LogP contribution is 2.35. The van der Waals surface area contributed by atoms with Crippen LogP contribution in [0.5, 0.6) is 5.88 Å². The average Bonchev–Trinajstić information content (AvgIpc) is 3.06. The third kappa shape index (κ3) is 3.12. The zero-order chi connectivity index (χ0) is 16.4. The first kappa shape index (κ1) is 15.1. The van der Waals surface area contributed by atoms with Crippen molar-refractivity contribution in [2.24, 2.45) is 0 Å². The van der Waals surface area contributed by atoms with Gasteiger partial charge in [-0.15, -0.1) is 0 Å². The Balaban J connectivity index is 1.31. The van der Waals surface area contributed by atoms with E-state index in [9.17, 15) is 4.79 Å². The molecule has 0 aliphatic carbocycles. The summed E-state index contributed by atoms with van der Waals surface area (Å²) in [7, 11) is 0. The number of furan rings is 1. The molecule has 0 bridgehead atoms. The SMILES string of the molecule is O=C(Cc1ccco1)N1CC2(C[C@@H](Oc3cnccn3)CCO2)C1. The standard InChI is InChI=1S/C17H19N3O4/c21-16(8-13-2-1-6-22-13)20-11-17(12-20)9-14(3-7-23-17)24-15-10-18-4-5-19-15/h1-2,4-6,10,14H,3,7-9,11-12H2/t14-/m0/s1. The van der Waals surface area contributed by atoms with Gasteiger partial charge in [-0.25, -0.2) is 4.98 Å². The van der Waals surface area contributed by atoms with Crippen LogP contribution in [0.2, 0.25) is 0 Å². The van der Waals surface area contributed by atoms with E-state index in [2.05, 4.69) is 9.97 Å². The Labute approximate surface area is 139 Å². The molecule has 0 unspecified atom stereocenters. The summed E-state index contributed by atoms with van der Waals surface area (Å²) in [6, 6.07) is 3.61. The van der Waals surface area contributed by atoms with Gasteiger partial charge in [0, 0.05) is 25.2 Å². The smallest absolute Gasteiger partial charge is 0.232 e. The Bertz CT molecular complexity index is 683. The Morgan fingerprint density at radius 1 is 1.42 bits per heavy atom. The molecule has 2 aliphatic rings. The van der Waals surface area contributed by atoms with Crippen molar-refractivity contribution in [1.29, 1.82) is 0 Å². The summed E-state index contributed by atoms with van der Waals surface area (Å²) in [6.45, 7) is 1.84. The molecule has 2 aromatic rings. The molecule has 0 aromatic carbocycles. The molecule has 0 radical (unpaired) electrons. The van der Waals surface area contributed by atoms with Gasteiger partial charge in [0.1, 0.15) is 17.5 Å². The van der Waals surface area contributed by atoms with Crippen molar-refractivity contribution in [3.8, 4) is 5.88 Å². The highest BCUT2D eigenvalue weighted by Gasteiger charge is 2.49. The summed E-state index contributed by atoms with van der Waals surface area (Å²) < 4.78 is 17.1. The van der Waals surface area contributed by atoms with E-state index < -0.39 is 0 Å². The predicted molar refractivity (Wildman–Crippen MR) is 83.4 cm³/mol. The minimum atomic E-state index is -0.288. The number of hydrogen-bond acceptors (Lipinski definition) is 6. The van der Waals surface area contributed by atoms with Crippen molar-refractivity contribution >= 4 is 5.91 Å². The van der Waals surface area contributed by atoms with Gasteiger partial charge in [-0.2, -0.15) is 0 Å². The number of amides is 1. The van der Waals surface area contributed by atoms with Crippen molar-refractivity contribution < 1.29 is 18.7 Å². The van der Waals surface area contributed by atoms with E-state index in [1.54, 1.807) is 30.9 Å². The lowest BCUT2D eigenvalue weighted by Gasteiger charge is -2.52. The zero-order valence-electron chi connectivity index (χ0n) is 13.3. The van der Waals surface area contributed by atoms with E-state index in [-0.39, 0.29) is 17.6 Å². The number of carbonyl (C=O) groups excluding carboxylic acids is 1. The molecular formula is C17H19N3O4. The maximum absolute atomic E-state index is 12.3. The lowest BCUT2D eigenvalue weighted by molar-refractivity contribution is -0.193. The van der Waals surface area contributed by atoms with E-state index in [1.807, 2.05) is 11.0 Å². The van der Waals surface area contributed by atoms with Crippen molar-refractivity contribution in [3.05, 3.63) is 42.7 Å². The molecule has 1 spiro atoms. The lowest BCUT2D eigenvalue weighted by Crippen LogP contribution is -2.67. The number of hydrogen-bond donors (Lipinski definition) is 0. The predicted octanol–water partition coefficient (Wildman–Crippen LogP) is 1.45. The first-order chi connectivity index (χ1) is 11.7. The first-order valence-corrected chi connectivity index (χ1v) is 8.09. The number of rotatable bonds is 4. The van der Waals surface area contributed by atoms with E-state index in [0.29, 0.717) is 37.8 Å². The van der Waals surface area contributed by atoms with E-state index >= 15 is 0 Å². The second-order valence-corrected chi connectivity index (χ2v) is 6.31. The topological polar surface area (TPSA) is 77.7 Å². The monoisotopic (exact) mass is 329 g/mol. The fourth-order valence-electron chi connectivity index (χ4n) is 3.32. The molecule has 7 nitrogen and oxygen atoms in total. The van der Waals surface area contributed by atoms with Gasteiger partial charge in [0.2, 0.25) is 11.8 Å². The van der Waals surface area contributed by atoms with Crippen LogP contribution in [-0.4, -0.2) is 52.2 Å². The Kier molecular flexibility index (Phi) is 3.93. The van der Waals surface area contributed by atoms with Crippen LogP contribution >= 0.6 is 0 Å². The molecule has 2 fully saturated rings. The number of likely N-dealkylation sites (tertiary alicyclic amines) is 1. The van der Waals surface area contributed by atoms with Gasteiger partial charge in [0.05, 0.1) is 38.6 Å². The second kappa shape index (κ2) is 6.24. The van der Waals surface area contributed by atoms with Crippen LogP contribution in [0.1, 0.15) is 18.6 Å². The summed E-state index contributed by atoms with van der Waals surface area (Å²) in [5.74, 6) is 1.29. The van der Waals surface area contributed by atoms with Crippen LogP contribution in [0.15, 0.2) is 41.4 Å². The molecule has 24 heavy (non-hydrogen) atoms. The van der Waals surface area contributed by atoms with Gasteiger partial charge in [-0.05, 0) is 12.1 Å². The Hall–Kier alpha value is -2.41. The van der Waals surface area contributed by atoms with Gasteiger partial charge in [-0.3, -0.25) is 9.78 Å². The van der Waals surface area contributed by atoms with Gasteiger partial charge >= 0.3 is 0 Å². The number of aromatic nitrogens is 2. The fourth-order valence-corrected chi connectivity index (χ4v) is 3.32. The minimum Gasteiger partial charge on any atom is -0.473 e. The molecular weight excluding hydrogens is 310 g/mol. The highest BCUT2D eigenvalue weighted by atomic mass is 16.5. The van der Waals surface area contributed by atoms with Gasteiger partial charge in [0.15, 0.2) is 0 Å². The Morgan fingerprint density at radius 3 is 3.08 bits per heavy atom. The third-order valence-electron chi connectivity index (χ3n) is 4.49. The molecule has 2 aromatic heterocycles. The van der Waals surface area contributed by atoms with Gasteiger partial charge in [0.25, 0.3) is 0 Å². The molecule has 1 amide bonds. The molecule has 0 saturated carbocycles. The second-order valence-electron chi connectivity index (χ2n) is 6.31. The average molecular weight is 329 g/mol. The van der Waals surface area contributed by atoms with Gasteiger partial charge < -0.3 is 18.8 Å². The van der Waals surface area contributed by atoms with E-state index in [4.69, 9.17) is 13.9 Å². The zero-order valence-corrected chi connectivity index (χ0v) is 13.3.